The largest absolute Gasteiger partial charge is 0.462 e. The number of para-hydroxylation sites is 1. The number of aromatic nitrogens is 2. The first kappa shape index (κ1) is 20.3. The van der Waals surface area contributed by atoms with Gasteiger partial charge in [0.15, 0.2) is 0 Å². The number of esters is 1. The maximum Gasteiger partial charge on any atom is 0.340 e. The summed E-state index contributed by atoms with van der Waals surface area (Å²) >= 11 is 0. The minimum atomic E-state index is -0.385. The molecule has 0 fully saturated rings. The van der Waals surface area contributed by atoms with Crippen molar-refractivity contribution < 1.29 is 9.53 Å². The van der Waals surface area contributed by atoms with Crippen LogP contribution < -0.4 is 10.6 Å². The highest BCUT2D eigenvalue weighted by Crippen LogP contribution is 2.25. The first-order valence-electron chi connectivity index (χ1n) is 9.60. The van der Waals surface area contributed by atoms with Gasteiger partial charge in [-0.2, -0.15) is 4.98 Å². The van der Waals surface area contributed by atoms with Crippen LogP contribution in [0.3, 0.4) is 0 Å². The van der Waals surface area contributed by atoms with E-state index >= 15 is 0 Å². The zero-order chi connectivity index (χ0) is 20.9. The summed E-state index contributed by atoms with van der Waals surface area (Å²) in [6.07, 6.45) is 1.66. The maximum absolute atomic E-state index is 12.1. The molecule has 1 aromatic heterocycles. The number of nitrogens with one attached hydrogen (secondary N) is 2. The Labute approximate surface area is 171 Å². The third-order valence-corrected chi connectivity index (χ3v) is 4.35. The van der Waals surface area contributed by atoms with Crippen LogP contribution in [0.1, 0.15) is 43.6 Å². The molecule has 0 aliphatic carbocycles. The Morgan fingerprint density at radius 2 is 1.72 bits per heavy atom. The Bertz CT molecular complexity index is 979. The lowest BCUT2D eigenvalue weighted by Crippen LogP contribution is -2.10. The number of carbonyl (C=O) groups excluding carboxylic acids is 1. The second-order valence-electron chi connectivity index (χ2n) is 7.61. The summed E-state index contributed by atoms with van der Waals surface area (Å²) < 4.78 is 5.11. The van der Waals surface area contributed by atoms with Crippen LogP contribution in [0, 0.1) is 0 Å². The van der Waals surface area contributed by atoms with Gasteiger partial charge in [0.2, 0.25) is 5.95 Å². The fourth-order valence-corrected chi connectivity index (χ4v) is 2.79. The van der Waals surface area contributed by atoms with Gasteiger partial charge in [-0.3, -0.25) is 0 Å². The topological polar surface area (TPSA) is 76.1 Å². The Morgan fingerprint density at radius 1 is 1.00 bits per heavy atom. The van der Waals surface area contributed by atoms with Gasteiger partial charge in [0, 0.05) is 11.9 Å². The van der Waals surface area contributed by atoms with Gasteiger partial charge >= 0.3 is 5.97 Å². The summed E-state index contributed by atoms with van der Waals surface area (Å²) in [6.45, 7) is 8.65. The van der Waals surface area contributed by atoms with E-state index in [0.717, 1.165) is 5.69 Å². The molecule has 0 saturated heterocycles. The highest BCUT2D eigenvalue weighted by Gasteiger charge is 2.14. The number of ether oxygens (including phenoxy) is 1. The lowest BCUT2D eigenvalue weighted by atomic mass is 9.87. The molecular formula is C23H26N4O2. The van der Waals surface area contributed by atoms with E-state index in [2.05, 4.69) is 53.5 Å². The van der Waals surface area contributed by atoms with E-state index < -0.39 is 0 Å². The molecule has 0 saturated carbocycles. The summed E-state index contributed by atoms with van der Waals surface area (Å²) in [5.41, 5.74) is 3.35. The molecular weight excluding hydrogens is 364 g/mol. The quantitative estimate of drug-likeness (QED) is 0.546. The molecule has 2 N–H and O–H groups in total. The van der Waals surface area contributed by atoms with Gasteiger partial charge in [-0.1, -0.05) is 45.0 Å². The lowest BCUT2D eigenvalue weighted by molar-refractivity contribution is 0.0527. The van der Waals surface area contributed by atoms with Crippen molar-refractivity contribution >= 4 is 29.1 Å². The van der Waals surface area contributed by atoms with Crippen molar-refractivity contribution in [3.63, 3.8) is 0 Å². The molecule has 0 aliphatic heterocycles. The van der Waals surface area contributed by atoms with E-state index in [1.165, 1.54) is 5.56 Å². The van der Waals surface area contributed by atoms with E-state index in [4.69, 9.17) is 4.74 Å². The molecule has 0 amide bonds. The van der Waals surface area contributed by atoms with Gasteiger partial charge < -0.3 is 15.4 Å². The van der Waals surface area contributed by atoms with Crippen LogP contribution in [0.2, 0.25) is 0 Å². The molecule has 0 aliphatic rings. The van der Waals surface area contributed by atoms with Crippen molar-refractivity contribution in [1.29, 1.82) is 0 Å². The SMILES string of the molecule is CCOC(=O)c1ccccc1Nc1nccc(Nc2ccc(C(C)(C)C)cc2)n1. The number of carbonyl (C=O) groups is 1. The molecule has 0 unspecified atom stereocenters. The van der Waals surface area contributed by atoms with Crippen molar-refractivity contribution in [3.8, 4) is 0 Å². The third-order valence-electron chi connectivity index (χ3n) is 4.35. The second-order valence-corrected chi connectivity index (χ2v) is 7.61. The van der Waals surface area contributed by atoms with Gasteiger partial charge in [-0.05, 0) is 48.2 Å². The Balaban J connectivity index is 1.76. The third kappa shape index (κ3) is 5.31. The zero-order valence-corrected chi connectivity index (χ0v) is 17.2. The van der Waals surface area contributed by atoms with Crippen molar-refractivity contribution in [2.45, 2.75) is 33.1 Å². The monoisotopic (exact) mass is 390 g/mol. The van der Waals surface area contributed by atoms with E-state index in [1.54, 1.807) is 37.4 Å². The smallest absolute Gasteiger partial charge is 0.340 e. The molecule has 3 aromatic rings. The summed E-state index contributed by atoms with van der Waals surface area (Å²) in [7, 11) is 0. The van der Waals surface area contributed by atoms with Crippen LogP contribution in [-0.2, 0) is 10.2 Å². The summed E-state index contributed by atoms with van der Waals surface area (Å²) in [4.78, 5) is 20.9. The minimum Gasteiger partial charge on any atom is -0.462 e. The average molecular weight is 390 g/mol. The van der Waals surface area contributed by atoms with Crippen molar-refractivity contribution in [1.82, 2.24) is 9.97 Å². The van der Waals surface area contributed by atoms with Crippen LogP contribution in [0.25, 0.3) is 0 Å². The van der Waals surface area contributed by atoms with Crippen LogP contribution in [0.5, 0.6) is 0 Å². The number of benzene rings is 2. The van der Waals surface area contributed by atoms with Gasteiger partial charge in [-0.15, -0.1) is 0 Å². The fourth-order valence-electron chi connectivity index (χ4n) is 2.79. The van der Waals surface area contributed by atoms with Crippen molar-refractivity contribution in [2.24, 2.45) is 0 Å². The van der Waals surface area contributed by atoms with Crippen molar-refractivity contribution in [2.75, 3.05) is 17.2 Å². The molecule has 2 aromatic carbocycles. The molecule has 0 spiro atoms. The van der Waals surface area contributed by atoms with Gasteiger partial charge in [0.25, 0.3) is 0 Å². The summed E-state index contributed by atoms with van der Waals surface area (Å²) in [5.74, 6) is 0.654. The minimum absolute atomic E-state index is 0.108. The first-order chi connectivity index (χ1) is 13.9. The second kappa shape index (κ2) is 8.73. The van der Waals surface area contributed by atoms with Crippen molar-refractivity contribution in [3.05, 3.63) is 71.9 Å². The van der Waals surface area contributed by atoms with E-state index in [-0.39, 0.29) is 11.4 Å². The van der Waals surface area contributed by atoms with E-state index in [1.807, 2.05) is 18.2 Å². The van der Waals surface area contributed by atoms with E-state index in [0.29, 0.717) is 29.6 Å². The predicted octanol–water partition coefficient (Wildman–Crippen LogP) is 5.44. The normalized spacial score (nSPS) is 11.0. The highest BCUT2D eigenvalue weighted by molar-refractivity contribution is 5.96. The number of anilines is 4. The molecule has 1 heterocycles. The molecule has 29 heavy (non-hydrogen) atoms. The van der Waals surface area contributed by atoms with Gasteiger partial charge in [0.1, 0.15) is 5.82 Å². The Kier molecular flexibility index (Phi) is 6.12. The number of nitrogens with zero attached hydrogens (tertiary/aromatic N) is 2. The van der Waals surface area contributed by atoms with Gasteiger partial charge in [-0.25, -0.2) is 9.78 Å². The highest BCUT2D eigenvalue weighted by atomic mass is 16.5. The molecule has 0 atom stereocenters. The van der Waals surface area contributed by atoms with Crippen LogP contribution >= 0.6 is 0 Å². The summed E-state index contributed by atoms with van der Waals surface area (Å²) in [6, 6.07) is 17.2. The van der Waals surface area contributed by atoms with Gasteiger partial charge in [0.05, 0.1) is 17.9 Å². The molecule has 0 radical (unpaired) electrons. The fraction of sp³-hybridized carbons (Fsp3) is 0.261. The standard InChI is InChI=1S/C23H26N4O2/c1-5-29-21(28)18-8-6-7-9-19(18)26-22-24-15-14-20(27-22)25-17-12-10-16(11-13-17)23(2,3)4/h6-15H,5H2,1-4H3,(H2,24,25,26,27). The van der Waals surface area contributed by atoms with Crippen LogP contribution in [-0.4, -0.2) is 22.5 Å². The maximum atomic E-state index is 12.1. The molecule has 3 rings (SSSR count). The van der Waals surface area contributed by atoms with Crippen LogP contribution in [0.4, 0.5) is 23.1 Å². The Morgan fingerprint density at radius 3 is 2.41 bits per heavy atom. The molecule has 0 bridgehead atoms. The predicted molar refractivity (Wildman–Crippen MR) is 116 cm³/mol. The molecule has 150 valence electrons. The van der Waals surface area contributed by atoms with Crippen LogP contribution in [0.15, 0.2) is 60.8 Å². The summed E-state index contributed by atoms with van der Waals surface area (Å²) in [5, 5.41) is 6.39. The Hall–Kier alpha value is -3.41. The van der Waals surface area contributed by atoms with E-state index in [9.17, 15) is 4.79 Å². The first-order valence-corrected chi connectivity index (χ1v) is 9.60. The number of hydrogen-bond donors (Lipinski definition) is 2. The molecule has 6 heteroatoms. The average Bonchev–Trinajstić information content (AvgIpc) is 2.68. The number of rotatable bonds is 6. The zero-order valence-electron chi connectivity index (χ0n) is 17.2. The number of hydrogen-bond acceptors (Lipinski definition) is 6. The lowest BCUT2D eigenvalue weighted by Gasteiger charge is -2.19. The molecule has 6 nitrogen and oxygen atoms in total.